The fraction of sp³-hybridized carbons (Fsp3) is 0.963. The van der Waals surface area contributed by atoms with E-state index in [1.165, 1.54) is 70.6 Å². The van der Waals surface area contributed by atoms with Gasteiger partial charge in [0.15, 0.2) is 0 Å². The van der Waals surface area contributed by atoms with E-state index in [0.717, 1.165) is 36.4 Å². The second-order valence-corrected chi connectivity index (χ2v) is 10.6. The van der Waals surface area contributed by atoms with Crippen molar-refractivity contribution in [3.8, 4) is 0 Å². The van der Waals surface area contributed by atoms with E-state index < -0.39 is 0 Å². The number of likely N-dealkylation sites (N-methyl/N-ethyl adjacent to an activating group) is 1. The minimum Gasteiger partial charge on any atom is -0.463 e. The lowest BCUT2D eigenvalue weighted by atomic mass is 10.0. The molecule has 0 bridgehead atoms. The molecule has 5 nitrogen and oxygen atoms in total. The summed E-state index contributed by atoms with van der Waals surface area (Å²) < 4.78 is 17.1. The van der Waals surface area contributed by atoms with Gasteiger partial charge in [0.05, 0.1) is 47.6 Å². The van der Waals surface area contributed by atoms with Crippen LogP contribution in [0.5, 0.6) is 0 Å². The average molecular weight is 459 g/mol. The van der Waals surface area contributed by atoms with Crippen LogP contribution >= 0.6 is 0 Å². The molecule has 0 radical (unpaired) electrons. The van der Waals surface area contributed by atoms with Crippen LogP contribution in [0.2, 0.25) is 0 Å². The number of carbonyl (C=O) groups is 1. The van der Waals surface area contributed by atoms with E-state index in [-0.39, 0.29) is 5.97 Å². The van der Waals surface area contributed by atoms with Gasteiger partial charge in [-0.15, -0.1) is 0 Å². The second-order valence-electron chi connectivity index (χ2n) is 10.6. The van der Waals surface area contributed by atoms with Gasteiger partial charge in [-0.3, -0.25) is 4.79 Å². The van der Waals surface area contributed by atoms with E-state index in [1.54, 1.807) is 0 Å². The van der Waals surface area contributed by atoms with Crippen molar-refractivity contribution in [2.24, 2.45) is 5.92 Å². The Bertz CT molecular complexity index is 407. The third-order valence-corrected chi connectivity index (χ3v) is 5.68. The van der Waals surface area contributed by atoms with Crippen LogP contribution in [0, 0.1) is 5.92 Å². The molecule has 5 heteroatoms. The largest absolute Gasteiger partial charge is 0.463 e. The van der Waals surface area contributed by atoms with Crippen molar-refractivity contribution in [3.05, 3.63) is 0 Å². The molecule has 0 heterocycles. The number of hydrogen-bond donors (Lipinski definition) is 0. The summed E-state index contributed by atoms with van der Waals surface area (Å²) in [6, 6.07) is 0. The number of unbranched alkanes of at least 4 members (excludes halogenated alkanes) is 11. The molecule has 32 heavy (non-hydrogen) atoms. The van der Waals surface area contributed by atoms with Crippen LogP contribution in [-0.4, -0.2) is 71.2 Å². The number of esters is 1. The Balaban J connectivity index is 3.19. The van der Waals surface area contributed by atoms with Crippen molar-refractivity contribution in [2.45, 2.75) is 104 Å². The van der Waals surface area contributed by atoms with Crippen molar-refractivity contribution in [1.82, 2.24) is 0 Å². The number of hydrogen-bond acceptors (Lipinski definition) is 4. The predicted molar refractivity (Wildman–Crippen MR) is 135 cm³/mol. The molecule has 0 aliphatic rings. The summed E-state index contributed by atoms with van der Waals surface area (Å²) in [5.41, 5.74) is 0. The first-order valence-electron chi connectivity index (χ1n) is 13.4. The summed E-state index contributed by atoms with van der Waals surface area (Å²) in [6.45, 7) is 8.28. The first kappa shape index (κ1) is 31.4. The first-order chi connectivity index (χ1) is 15.3. The van der Waals surface area contributed by atoms with E-state index >= 15 is 0 Å². The normalized spacial score (nSPS) is 11.9. The van der Waals surface area contributed by atoms with Crippen molar-refractivity contribution >= 4 is 5.97 Å². The molecule has 0 rings (SSSR count). The Morgan fingerprint density at radius 2 is 1.06 bits per heavy atom. The molecule has 0 aromatic rings. The van der Waals surface area contributed by atoms with Crippen molar-refractivity contribution in [1.29, 1.82) is 0 Å². The van der Waals surface area contributed by atoms with E-state index in [9.17, 15) is 4.79 Å². The summed E-state index contributed by atoms with van der Waals surface area (Å²) in [6.07, 6.45) is 17.7. The zero-order valence-electron chi connectivity index (χ0n) is 22.3. The van der Waals surface area contributed by atoms with Gasteiger partial charge in [0, 0.05) is 6.42 Å². The summed E-state index contributed by atoms with van der Waals surface area (Å²) in [5, 5.41) is 0. The maximum Gasteiger partial charge on any atom is 0.305 e. The van der Waals surface area contributed by atoms with Gasteiger partial charge < -0.3 is 18.7 Å². The van der Waals surface area contributed by atoms with Gasteiger partial charge in [-0.1, -0.05) is 90.9 Å². The van der Waals surface area contributed by atoms with Crippen LogP contribution in [0.3, 0.4) is 0 Å². The number of carbonyl (C=O) groups excluding carboxylic acids is 1. The van der Waals surface area contributed by atoms with Crippen molar-refractivity contribution in [2.75, 3.05) is 60.7 Å². The summed E-state index contributed by atoms with van der Waals surface area (Å²) in [7, 11) is 6.44. The van der Waals surface area contributed by atoms with E-state index in [4.69, 9.17) is 14.2 Å². The molecule has 0 amide bonds. The highest BCUT2D eigenvalue weighted by Crippen LogP contribution is 2.14. The molecular weight excluding hydrogens is 402 g/mol. The Morgan fingerprint density at radius 1 is 0.625 bits per heavy atom. The smallest absolute Gasteiger partial charge is 0.305 e. The van der Waals surface area contributed by atoms with Gasteiger partial charge in [-0.25, -0.2) is 0 Å². The van der Waals surface area contributed by atoms with Crippen LogP contribution < -0.4 is 0 Å². The van der Waals surface area contributed by atoms with Crippen LogP contribution in [0.15, 0.2) is 0 Å². The highest BCUT2D eigenvalue weighted by molar-refractivity contribution is 5.69. The third kappa shape index (κ3) is 27.4. The maximum absolute atomic E-state index is 11.7. The number of rotatable bonds is 24. The number of ether oxygens (including phenoxy) is 3. The van der Waals surface area contributed by atoms with E-state index in [2.05, 4.69) is 35.0 Å². The Kier molecular flexibility index (Phi) is 21.7. The van der Waals surface area contributed by atoms with E-state index in [0.29, 0.717) is 32.8 Å². The summed E-state index contributed by atoms with van der Waals surface area (Å²) in [5.74, 6) is 0.764. The van der Waals surface area contributed by atoms with Crippen molar-refractivity contribution in [3.63, 3.8) is 0 Å². The average Bonchev–Trinajstić information content (AvgIpc) is 2.71. The van der Waals surface area contributed by atoms with E-state index in [1.807, 2.05) is 0 Å². The van der Waals surface area contributed by atoms with Gasteiger partial charge in [-0.2, -0.15) is 0 Å². The Morgan fingerprint density at radius 3 is 1.56 bits per heavy atom. The molecule has 192 valence electrons. The van der Waals surface area contributed by atoms with Crippen LogP contribution in [0.25, 0.3) is 0 Å². The topological polar surface area (TPSA) is 44.8 Å². The molecule has 0 aliphatic carbocycles. The standard InChI is InChI=1S/C27H56NO4/c1-26(2)18-16-14-12-10-8-6-7-9-11-13-15-17-19-27(29)32-25-24-31-23-22-30-21-20-28(3,4)5/h26H,6-25H2,1-5H3/q+1. The van der Waals surface area contributed by atoms with Crippen LogP contribution in [0.4, 0.5) is 0 Å². The van der Waals surface area contributed by atoms with Crippen LogP contribution in [0.1, 0.15) is 104 Å². The van der Waals surface area contributed by atoms with Gasteiger partial charge in [0.1, 0.15) is 13.2 Å². The summed E-state index contributed by atoms with van der Waals surface area (Å²) in [4.78, 5) is 11.7. The highest BCUT2D eigenvalue weighted by atomic mass is 16.6. The molecule has 0 aromatic carbocycles. The second kappa shape index (κ2) is 22.2. The molecule has 0 N–H and O–H groups in total. The molecular formula is C27H56NO4+. The quantitative estimate of drug-likeness (QED) is 0.0955. The van der Waals surface area contributed by atoms with Crippen LogP contribution in [-0.2, 0) is 19.0 Å². The van der Waals surface area contributed by atoms with Gasteiger partial charge in [-0.05, 0) is 12.3 Å². The molecule has 0 unspecified atom stereocenters. The molecule has 0 fully saturated rings. The molecule has 0 aliphatic heterocycles. The van der Waals surface area contributed by atoms with Crippen molar-refractivity contribution < 1.29 is 23.5 Å². The van der Waals surface area contributed by atoms with Gasteiger partial charge in [0.2, 0.25) is 0 Å². The molecule has 0 aromatic heterocycles. The summed E-state index contributed by atoms with van der Waals surface area (Å²) >= 11 is 0. The minimum atomic E-state index is -0.0961. The number of nitrogens with zero attached hydrogens (tertiary/aromatic N) is 1. The zero-order chi connectivity index (χ0) is 23.9. The first-order valence-corrected chi connectivity index (χ1v) is 13.4. The molecule has 0 spiro atoms. The fourth-order valence-electron chi connectivity index (χ4n) is 3.54. The molecule has 0 saturated heterocycles. The number of quaternary nitrogens is 1. The van der Waals surface area contributed by atoms with Gasteiger partial charge in [0.25, 0.3) is 0 Å². The zero-order valence-corrected chi connectivity index (χ0v) is 22.3. The predicted octanol–water partition coefficient (Wildman–Crippen LogP) is 6.39. The molecule has 0 saturated carbocycles. The fourth-order valence-corrected chi connectivity index (χ4v) is 3.54. The monoisotopic (exact) mass is 458 g/mol. The lowest BCUT2D eigenvalue weighted by molar-refractivity contribution is -0.870. The third-order valence-electron chi connectivity index (χ3n) is 5.68. The lowest BCUT2D eigenvalue weighted by Gasteiger charge is -2.23. The highest BCUT2D eigenvalue weighted by Gasteiger charge is 2.06. The van der Waals surface area contributed by atoms with Gasteiger partial charge >= 0.3 is 5.97 Å². The lowest BCUT2D eigenvalue weighted by Crippen LogP contribution is -2.37. The SMILES string of the molecule is CC(C)CCCCCCCCCCCCCCC(=O)OCCOCCOCC[N+](C)(C)C. The maximum atomic E-state index is 11.7. The molecule has 0 atom stereocenters. The Labute approximate surface area is 200 Å². The Hall–Kier alpha value is -0.650. The minimum absolute atomic E-state index is 0.0961.